The molecule has 0 fully saturated rings. The number of aromatic hydroxyl groups is 1. The van der Waals surface area contributed by atoms with Crippen LogP contribution < -0.4 is 10.1 Å². The molecule has 0 aromatic heterocycles. The Labute approximate surface area is 124 Å². The van der Waals surface area contributed by atoms with E-state index in [1.54, 1.807) is 25.3 Å². The summed E-state index contributed by atoms with van der Waals surface area (Å²) in [5, 5.41) is 13.3. The highest BCUT2D eigenvalue weighted by Gasteiger charge is 2.10. The molecule has 2 rings (SSSR count). The number of rotatable bonds is 6. The quantitative estimate of drug-likeness (QED) is 0.856. The van der Waals surface area contributed by atoms with Crippen LogP contribution in [0.25, 0.3) is 0 Å². The third kappa shape index (κ3) is 4.20. The number of benzene rings is 2. The van der Waals surface area contributed by atoms with Crippen molar-refractivity contribution in [2.75, 3.05) is 13.7 Å². The molecule has 0 aliphatic heterocycles. The highest BCUT2D eigenvalue weighted by molar-refractivity contribution is 5.41. The molecule has 0 radical (unpaired) electrons. The van der Waals surface area contributed by atoms with Gasteiger partial charge in [-0.1, -0.05) is 18.2 Å². The van der Waals surface area contributed by atoms with Crippen LogP contribution in [0.1, 0.15) is 24.1 Å². The number of methoxy groups -OCH3 is 1. The first kappa shape index (κ1) is 15.3. The van der Waals surface area contributed by atoms with Gasteiger partial charge in [0.25, 0.3) is 0 Å². The molecular formula is C17H20FNO2. The van der Waals surface area contributed by atoms with E-state index in [-0.39, 0.29) is 17.6 Å². The number of hydrogen-bond acceptors (Lipinski definition) is 3. The molecule has 2 N–H and O–H groups in total. The summed E-state index contributed by atoms with van der Waals surface area (Å²) in [6, 6.07) is 11.8. The van der Waals surface area contributed by atoms with Gasteiger partial charge in [-0.25, -0.2) is 4.39 Å². The van der Waals surface area contributed by atoms with Crippen molar-refractivity contribution in [1.82, 2.24) is 5.32 Å². The molecule has 0 saturated carbocycles. The van der Waals surface area contributed by atoms with E-state index in [0.29, 0.717) is 5.75 Å². The number of ether oxygens (including phenoxy) is 1. The van der Waals surface area contributed by atoms with Gasteiger partial charge in [-0.05, 0) is 43.7 Å². The van der Waals surface area contributed by atoms with Gasteiger partial charge in [-0.2, -0.15) is 0 Å². The van der Waals surface area contributed by atoms with E-state index in [9.17, 15) is 9.50 Å². The molecule has 1 unspecified atom stereocenters. The number of phenols is 1. The van der Waals surface area contributed by atoms with Gasteiger partial charge in [-0.15, -0.1) is 0 Å². The molecule has 0 spiro atoms. The van der Waals surface area contributed by atoms with E-state index >= 15 is 0 Å². The molecule has 0 heterocycles. The second-order valence-corrected chi connectivity index (χ2v) is 4.98. The fourth-order valence-electron chi connectivity index (χ4n) is 2.21. The topological polar surface area (TPSA) is 41.5 Å². The molecule has 2 aromatic rings. The Balaban J connectivity index is 1.89. The zero-order valence-electron chi connectivity index (χ0n) is 12.3. The normalized spacial score (nSPS) is 12.1. The highest BCUT2D eigenvalue weighted by atomic mass is 19.1. The molecule has 2 aromatic carbocycles. The lowest BCUT2D eigenvalue weighted by Crippen LogP contribution is -2.21. The smallest absolute Gasteiger partial charge is 0.124 e. The van der Waals surface area contributed by atoms with Crippen LogP contribution in [0.3, 0.4) is 0 Å². The third-order valence-corrected chi connectivity index (χ3v) is 3.48. The van der Waals surface area contributed by atoms with E-state index < -0.39 is 0 Å². The van der Waals surface area contributed by atoms with Crippen LogP contribution in [-0.2, 0) is 6.42 Å². The predicted molar refractivity (Wildman–Crippen MR) is 81.2 cm³/mol. The van der Waals surface area contributed by atoms with Crippen LogP contribution in [-0.4, -0.2) is 18.8 Å². The van der Waals surface area contributed by atoms with E-state index in [0.717, 1.165) is 24.1 Å². The monoisotopic (exact) mass is 289 g/mol. The van der Waals surface area contributed by atoms with Gasteiger partial charge < -0.3 is 15.2 Å². The van der Waals surface area contributed by atoms with Crippen LogP contribution in [0.15, 0.2) is 42.5 Å². The van der Waals surface area contributed by atoms with Gasteiger partial charge in [0.15, 0.2) is 0 Å². The first-order valence-corrected chi connectivity index (χ1v) is 6.95. The summed E-state index contributed by atoms with van der Waals surface area (Å²) in [5.74, 6) is 0.633. The summed E-state index contributed by atoms with van der Waals surface area (Å²) >= 11 is 0. The molecule has 0 amide bonds. The summed E-state index contributed by atoms with van der Waals surface area (Å²) in [7, 11) is 1.57. The van der Waals surface area contributed by atoms with Crippen molar-refractivity contribution in [3.05, 3.63) is 59.4 Å². The standard InChI is InChI=1S/C17H20FNO2/c1-12(16-8-7-15(21-2)11-17(16)20)19-10-9-13-3-5-14(18)6-4-13/h3-8,11-12,19-20H,9-10H2,1-2H3. The van der Waals surface area contributed by atoms with E-state index in [4.69, 9.17) is 4.74 Å². The van der Waals surface area contributed by atoms with Crippen LogP contribution in [0, 0.1) is 5.82 Å². The van der Waals surface area contributed by atoms with E-state index in [1.807, 2.05) is 19.1 Å². The fourth-order valence-corrected chi connectivity index (χ4v) is 2.21. The second-order valence-electron chi connectivity index (χ2n) is 4.98. The average Bonchev–Trinajstić information content (AvgIpc) is 2.49. The summed E-state index contributed by atoms with van der Waals surface area (Å²) in [4.78, 5) is 0. The third-order valence-electron chi connectivity index (χ3n) is 3.48. The lowest BCUT2D eigenvalue weighted by Gasteiger charge is -2.16. The average molecular weight is 289 g/mol. The van der Waals surface area contributed by atoms with Crippen molar-refractivity contribution < 1.29 is 14.2 Å². The SMILES string of the molecule is COc1ccc(C(C)NCCc2ccc(F)cc2)c(O)c1. The molecule has 1 atom stereocenters. The maximum atomic E-state index is 12.8. The van der Waals surface area contributed by atoms with Crippen molar-refractivity contribution in [3.8, 4) is 11.5 Å². The van der Waals surface area contributed by atoms with Gasteiger partial charge in [0.1, 0.15) is 17.3 Å². The lowest BCUT2D eigenvalue weighted by atomic mass is 10.1. The van der Waals surface area contributed by atoms with Crippen molar-refractivity contribution in [2.45, 2.75) is 19.4 Å². The Morgan fingerprint density at radius 1 is 1.19 bits per heavy atom. The highest BCUT2D eigenvalue weighted by Crippen LogP contribution is 2.28. The number of halogens is 1. The Bertz CT molecular complexity index is 584. The summed E-state index contributed by atoms with van der Waals surface area (Å²) < 4.78 is 17.9. The van der Waals surface area contributed by atoms with Crippen LogP contribution in [0.4, 0.5) is 4.39 Å². The van der Waals surface area contributed by atoms with E-state index in [1.165, 1.54) is 12.1 Å². The lowest BCUT2D eigenvalue weighted by molar-refractivity contribution is 0.404. The van der Waals surface area contributed by atoms with Crippen LogP contribution in [0.5, 0.6) is 11.5 Å². The first-order chi connectivity index (χ1) is 10.1. The maximum absolute atomic E-state index is 12.8. The summed E-state index contributed by atoms with van der Waals surface area (Å²) in [5.41, 5.74) is 1.91. The minimum absolute atomic E-state index is 0.0244. The summed E-state index contributed by atoms with van der Waals surface area (Å²) in [6.45, 7) is 2.74. The maximum Gasteiger partial charge on any atom is 0.124 e. The van der Waals surface area contributed by atoms with Gasteiger partial charge in [0.2, 0.25) is 0 Å². The fraction of sp³-hybridized carbons (Fsp3) is 0.294. The molecule has 0 aliphatic rings. The second kappa shape index (κ2) is 7.09. The summed E-state index contributed by atoms with van der Waals surface area (Å²) in [6.07, 6.45) is 0.807. The Morgan fingerprint density at radius 3 is 2.52 bits per heavy atom. The molecule has 21 heavy (non-hydrogen) atoms. The van der Waals surface area contributed by atoms with Crippen LogP contribution >= 0.6 is 0 Å². The predicted octanol–water partition coefficient (Wildman–Crippen LogP) is 3.43. The van der Waals surface area contributed by atoms with Crippen LogP contribution in [0.2, 0.25) is 0 Å². The molecule has 3 nitrogen and oxygen atoms in total. The largest absolute Gasteiger partial charge is 0.507 e. The first-order valence-electron chi connectivity index (χ1n) is 6.95. The number of phenolic OH excluding ortho intramolecular Hbond substituents is 1. The van der Waals surface area contributed by atoms with Crippen molar-refractivity contribution in [1.29, 1.82) is 0 Å². The molecule has 0 aliphatic carbocycles. The Hall–Kier alpha value is -2.07. The molecule has 0 saturated heterocycles. The Kier molecular flexibility index (Phi) is 5.17. The molecular weight excluding hydrogens is 269 g/mol. The van der Waals surface area contributed by atoms with Gasteiger partial charge in [0, 0.05) is 17.7 Å². The molecule has 112 valence electrons. The number of nitrogens with one attached hydrogen (secondary N) is 1. The molecule has 0 bridgehead atoms. The van der Waals surface area contributed by atoms with Gasteiger partial charge in [0.05, 0.1) is 7.11 Å². The van der Waals surface area contributed by atoms with Crippen molar-refractivity contribution >= 4 is 0 Å². The van der Waals surface area contributed by atoms with E-state index in [2.05, 4.69) is 5.32 Å². The zero-order valence-corrected chi connectivity index (χ0v) is 12.3. The van der Waals surface area contributed by atoms with Gasteiger partial charge in [-0.3, -0.25) is 0 Å². The van der Waals surface area contributed by atoms with Crippen molar-refractivity contribution in [2.24, 2.45) is 0 Å². The molecule has 4 heteroatoms. The van der Waals surface area contributed by atoms with Gasteiger partial charge >= 0.3 is 0 Å². The number of hydrogen-bond donors (Lipinski definition) is 2. The van der Waals surface area contributed by atoms with Crippen molar-refractivity contribution in [3.63, 3.8) is 0 Å². The zero-order chi connectivity index (χ0) is 15.2. The Morgan fingerprint density at radius 2 is 1.90 bits per heavy atom. The minimum Gasteiger partial charge on any atom is -0.507 e. The minimum atomic E-state index is -0.219.